The van der Waals surface area contributed by atoms with Crippen LogP contribution in [0.4, 0.5) is 0 Å². The summed E-state index contributed by atoms with van der Waals surface area (Å²) in [5.41, 5.74) is 1.96. The van der Waals surface area contributed by atoms with Crippen LogP contribution in [0.5, 0.6) is 0 Å². The van der Waals surface area contributed by atoms with Crippen molar-refractivity contribution in [2.45, 2.75) is 32.3 Å². The second kappa shape index (κ2) is 5.33. The molecule has 1 N–H and O–H groups in total. The molecule has 0 aliphatic carbocycles. The van der Waals surface area contributed by atoms with Gasteiger partial charge < -0.3 is 5.11 Å². The van der Waals surface area contributed by atoms with Crippen LogP contribution in [0.1, 0.15) is 42.0 Å². The highest BCUT2D eigenvalue weighted by Crippen LogP contribution is 2.28. The minimum atomic E-state index is -0.533. The molecule has 4 nitrogen and oxygen atoms in total. The zero-order chi connectivity index (χ0) is 12.3. The minimum absolute atomic E-state index is 0.288. The van der Waals surface area contributed by atoms with Crippen LogP contribution < -0.4 is 0 Å². The average Bonchev–Trinajstić information content (AvgIpc) is 2.79. The van der Waals surface area contributed by atoms with Gasteiger partial charge in [0.05, 0.1) is 16.7 Å². The smallest absolute Gasteiger partial charge is 0.0957 e. The lowest BCUT2D eigenvalue weighted by molar-refractivity contribution is 0.180. The van der Waals surface area contributed by atoms with Crippen molar-refractivity contribution in [1.82, 2.24) is 14.6 Å². The summed E-state index contributed by atoms with van der Waals surface area (Å²) in [6.45, 7) is 4.11. The summed E-state index contributed by atoms with van der Waals surface area (Å²) in [6, 6.07) is 3.82. The molecular formula is C12H15N3OS. The van der Waals surface area contributed by atoms with Gasteiger partial charge in [0.15, 0.2) is 0 Å². The molecule has 0 aliphatic rings. The van der Waals surface area contributed by atoms with Crippen LogP contribution in [-0.4, -0.2) is 19.7 Å². The topological polar surface area (TPSA) is 58.9 Å². The van der Waals surface area contributed by atoms with Crippen molar-refractivity contribution >= 4 is 11.5 Å². The molecule has 0 radical (unpaired) electrons. The number of hydrogen-bond donors (Lipinski definition) is 1. The van der Waals surface area contributed by atoms with Crippen molar-refractivity contribution in [3.63, 3.8) is 0 Å². The van der Waals surface area contributed by atoms with E-state index in [1.165, 1.54) is 11.5 Å². The first-order valence-corrected chi connectivity index (χ1v) is 6.35. The van der Waals surface area contributed by atoms with Gasteiger partial charge in [0, 0.05) is 18.8 Å². The van der Waals surface area contributed by atoms with E-state index in [4.69, 9.17) is 0 Å². The van der Waals surface area contributed by atoms with E-state index in [9.17, 15) is 5.11 Å². The normalized spacial score (nSPS) is 12.9. The van der Waals surface area contributed by atoms with Gasteiger partial charge in [0.25, 0.3) is 0 Å². The first-order valence-electron chi connectivity index (χ1n) is 5.57. The predicted octanol–water partition coefficient (Wildman–Crippen LogP) is 2.33. The Bertz CT molecular complexity index is 470. The largest absolute Gasteiger partial charge is 0.387 e. The third kappa shape index (κ3) is 2.87. The molecule has 2 aromatic heterocycles. The Hall–Kier alpha value is -1.33. The summed E-state index contributed by atoms with van der Waals surface area (Å²) in [6.07, 6.45) is 3.51. The second-order valence-corrected chi connectivity index (χ2v) is 5.04. The maximum atomic E-state index is 10.2. The van der Waals surface area contributed by atoms with Gasteiger partial charge in [-0.1, -0.05) is 18.3 Å². The molecule has 1 unspecified atom stereocenters. The van der Waals surface area contributed by atoms with E-state index >= 15 is 0 Å². The molecule has 0 spiro atoms. The fraction of sp³-hybridized carbons (Fsp3) is 0.417. The predicted molar refractivity (Wildman–Crippen MR) is 66.9 cm³/mol. The number of pyridine rings is 1. The van der Waals surface area contributed by atoms with E-state index in [1.54, 1.807) is 12.4 Å². The van der Waals surface area contributed by atoms with Gasteiger partial charge in [-0.3, -0.25) is 4.98 Å². The summed E-state index contributed by atoms with van der Waals surface area (Å²) >= 11 is 1.28. The zero-order valence-electron chi connectivity index (χ0n) is 9.87. The van der Waals surface area contributed by atoms with Crippen molar-refractivity contribution in [2.24, 2.45) is 0 Å². The molecule has 17 heavy (non-hydrogen) atoms. The van der Waals surface area contributed by atoms with Crippen LogP contribution in [0.3, 0.4) is 0 Å². The molecule has 0 fully saturated rings. The SMILES string of the molecule is CC(C)c1nnsc1C(O)Cc1ccncc1. The molecule has 1 atom stereocenters. The fourth-order valence-electron chi connectivity index (χ4n) is 1.67. The van der Waals surface area contributed by atoms with Crippen molar-refractivity contribution in [3.8, 4) is 0 Å². The van der Waals surface area contributed by atoms with Crippen LogP contribution in [0, 0.1) is 0 Å². The summed E-state index contributed by atoms with van der Waals surface area (Å²) in [4.78, 5) is 4.83. The second-order valence-electron chi connectivity index (χ2n) is 4.25. The number of nitrogens with zero attached hydrogens (tertiary/aromatic N) is 3. The highest BCUT2D eigenvalue weighted by atomic mass is 32.1. The Balaban J connectivity index is 2.15. The van der Waals surface area contributed by atoms with Gasteiger partial charge >= 0.3 is 0 Å². The Kier molecular flexibility index (Phi) is 3.81. The highest BCUT2D eigenvalue weighted by Gasteiger charge is 2.19. The van der Waals surface area contributed by atoms with Crippen molar-refractivity contribution in [1.29, 1.82) is 0 Å². The molecule has 0 bridgehead atoms. The van der Waals surface area contributed by atoms with E-state index in [0.29, 0.717) is 6.42 Å². The van der Waals surface area contributed by atoms with Crippen LogP contribution in [-0.2, 0) is 6.42 Å². The number of rotatable bonds is 4. The van der Waals surface area contributed by atoms with Gasteiger partial charge in [-0.05, 0) is 35.1 Å². The van der Waals surface area contributed by atoms with E-state index < -0.39 is 6.10 Å². The first-order chi connectivity index (χ1) is 8.18. The minimum Gasteiger partial charge on any atom is -0.387 e. The maximum absolute atomic E-state index is 10.2. The lowest BCUT2D eigenvalue weighted by Gasteiger charge is -2.11. The van der Waals surface area contributed by atoms with Gasteiger partial charge in [-0.25, -0.2) is 0 Å². The molecule has 0 amide bonds. The van der Waals surface area contributed by atoms with E-state index in [1.807, 2.05) is 12.1 Å². The highest BCUT2D eigenvalue weighted by molar-refractivity contribution is 7.05. The van der Waals surface area contributed by atoms with E-state index in [2.05, 4.69) is 28.4 Å². The van der Waals surface area contributed by atoms with Crippen molar-refractivity contribution in [3.05, 3.63) is 40.7 Å². The molecule has 2 heterocycles. The van der Waals surface area contributed by atoms with Crippen LogP contribution in [0.2, 0.25) is 0 Å². The molecule has 90 valence electrons. The Labute approximate surface area is 105 Å². The van der Waals surface area contributed by atoms with Gasteiger partial charge in [0.2, 0.25) is 0 Å². The summed E-state index contributed by atoms with van der Waals surface area (Å²) in [5, 5.41) is 14.3. The molecule has 2 aromatic rings. The molecule has 0 saturated carbocycles. The summed E-state index contributed by atoms with van der Waals surface area (Å²) in [7, 11) is 0. The number of hydrogen-bond acceptors (Lipinski definition) is 5. The summed E-state index contributed by atoms with van der Waals surface area (Å²) < 4.78 is 3.93. The molecule has 5 heteroatoms. The third-order valence-electron chi connectivity index (χ3n) is 2.57. The maximum Gasteiger partial charge on any atom is 0.0957 e. The van der Waals surface area contributed by atoms with Gasteiger partial charge in [-0.2, -0.15) is 0 Å². The summed E-state index contributed by atoms with van der Waals surface area (Å²) in [5.74, 6) is 0.288. The average molecular weight is 249 g/mol. The van der Waals surface area contributed by atoms with E-state index in [0.717, 1.165) is 16.1 Å². The zero-order valence-corrected chi connectivity index (χ0v) is 10.7. The quantitative estimate of drug-likeness (QED) is 0.903. The molecule has 0 aromatic carbocycles. The lowest BCUT2D eigenvalue weighted by Crippen LogP contribution is -2.04. The Morgan fingerprint density at radius 2 is 2.00 bits per heavy atom. The van der Waals surface area contributed by atoms with E-state index in [-0.39, 0.29) is 5.92 Å². The standard InChI is InChI=1S/C12H15N3OS/c1-8(2)11-12(17-15-14-11)10(16)7-9-3-5-13-6-4-9/h3-6,8,10,16H,7H2,1-2H3. The van der Waals surface area contributed by atoms with Crippen LogP contribution in [0.25, 0.3) is 0 Å². The lowest BCUT2D eigenvalue weighted by atomic mass is 10.0. The fourth-order valence-corrected chi connectivity index (χ4v) is 2.46. The number of aliphatic hydroxyl groups excluding tert-OH is 1. The van der Waals surface area contributed by atoms with Crippen molar-refractivity contribution in [2.75, 3.05) is 0 Å². The first kappa shape index (κ1) is 12.1. The third-order valence-corrected chi connectivity index (χ3v) is 3.41. The Morgan fingerprint density at radius 1 is 1.29 bits per heavy atom. The molecular weight excluding hydrogens is 234 g/mol. The van der Waals surface area contributed by atoms with Crippen molar-refractivity contribution < 1.29 is 5.11 Å². The van der Waals surface area contributed by atoms with Crippen LogP contribution in [0.15, 0.2) is 24.5 Å². The van der Waals surface area contributed by atoms with Gasteiger partial charge in [-0.15, -0.1) is 5.10 Å². The van der Waals surface area contributed by atoms with Gasteiger partial charge in [0.1, 0.15) is 0 Å². The number of aromatic nitrogens is 3. The van der Waals surface area contributed by atoms with Crippen LogP contribution >= 0.6 is 11.5 Å². The molecule has 0 saturated heterocycles. The Morgan fingerprint density at radius 3 is 2.65 bits per heavy atom. The monoisotopic (exact) mass is 249 g/mol. The molecule has 0 aliphatic heterocycles. The molecule has 2 rings (SSSR count). The number of aliphatic hydroxyl groups is 1.